The molecule has 1 unspecified atom stereocenters. The summed E-state index contributed by atoms with van der Waals surface area (Å²) in [6.45, 7) is 10.1. The number of aryl methyl sites for hydroxylation is 1. The van der Waals surface area contributed by atoms with Crippen LogP contribution in [-0.4, -0.2) is 41.8 Å². The molecule has 0 spiro atoms. The Morgan fingerprint density at radius 1 is 1.05 bits per heavy atom. The highest BCUT2D eigenvalue weighted by atomic mass is 32.1. The minimum Gasteiger partial charge on any atom is -0.495 e. The summed E-state index contributed by atoms with van der Waals surface area (Å²) < 4.78 is 7.25. The van der Waals surface area contributed by atoms with Gasteiger partial charge in [-0.1, -0.05) is 50.6 Å². The van der Waals surface area contributed by atoms with Gasteiger partial charge >= 0.3 is 6.03 Å². The number of hydrogen-bond acceptors (Lipinski definition) is 6. The number of urea groups is 1. The second-order valence-corrected chi connectivity index (χ2v) is 12.6. The number of hydrogen-bond donors (Lipinski definition) is 3. The molecular weight excluding hydrogens is 546 g/mol. The zero-order valence-corrected chi connectivity index (χ0v) is 25.7. The number of aromatic nitrogens is 2. The Labute approximate surface area is 251 Å². The highest BCUT2D eigenvalue weighted by molar-refractivity contribution is 7.08. The van der Waals surface area contributed by atoms with E-state index in [0.29, 0.717) is 22.8 Å². The van der Waals surface area contributed by atoms with Gasteiger partial charge in [-0.15, -0.1) is 11.3 Å². The number of anilines is 2. The van der Waals surface area contributed by atoms with E-state index in [9.17, 15) is 9.59 Å². The summed E-state index contributed by atoms with van der Waals surface area (Å²) in [5, 5.41) is 17.9. The van der Waals surface area contributed by atoms with Crippen molar-refractivity contribution in [2.75, 3.05) is 30.8 Å². The topological polar surface area (TPSA) is 97.3 Å². The Balaban J connectivity index is 1.40. The smallest absolute Gasteiger partial charge is 0.324 e. The molecule has 1 atom stereocenters. The molecule has 0 radical (unpaired) electrons. The van der Waals surface area contributed by atoms with E-state index < -0.39 is 0 Å². The lowest BCUT2D eigenvalue weighted by Crippen LogP contribution is -2.33. The molecule has 9 heteroatoms. The molecule has 0 saturated carbocycles. The van der Waals surface area contributed by atoms with E-state index in [1.165, 1.54) is 11.3 Å². The summed E-state index contributed by atoms with van der Waals surface area (Å²) in [6, 6.07) is 17.2. The van der Waals surface area contributed by atoms with E-state index in [1.807, 2.05) is 72.3 Å². The predicted molar refractivity (Wildman–Crippen MR) is 170 cm³/mol. The minimum absolute atomic E-state index is 0.0540. The lowest BCUT2D eigenvalue weighted by Gasteiger charge is -2.30. The van der Waals surface area contributed by atoms with Crippen molar-refractivity contribution in [3.63, 3.8) is 0 Å². The quantitative estimate of drug-likeness (QED) is 0.191. The number of nitrogens with zero attached hydrogens (tertiary/aromatic N) is 2. The Kier molecular flexibility index (Phi) is 8.80. The van der Waals surface area contributed by atoms with E-state index in [0.717, 1.165) is 48.4 Å². The van der Waals surface area contributed by atoms with E-state index in [-0.39, 0.29) is 29.1 Å². The van der Waals surface area contributed by atoms with Crippen molar-refractivity contribution >= 4 is 34.7 Å². The fourth-order valence-electron chi connectivity index (χ4n) is 5.41. The average Bonchev–Trinajstić information content (AvgIpc) is 3.62. The molecule has 220 valence electrons. The van der Waals surface area contributed by atoms with Gasteiger partial charge in [0.15, 0.2) is 5.78 Å². The second-order valence-electron chi connectivity index (χ2n) is 11.9. The van der Waals surface area contributed by atoms with Gasteiger partial charge in [-0.3, -0.25) is 10.1 Å². The zero-order valence-electron chi connectivity index (χ0n) is 24.9. The van der Waals surface area contributed by atoms with Gasteiger partial charge in [-0.25, -0.2) is 9.48 Å². The van der Waals surface area contributed by atoms with E-state index in [4.69, 9.17) is 9.84 Å². The van der Waals surface area contributed by atoms with Gasteiger partial charge in [0.25, 0.3) is 0 Å². The highest BCUT2D eigenvalue weighted by Crippen LogP contribution is 2.38. The number of benzene rings is 2. The van der Waals surface area contributed by atoms with Gasteiger partial charge in [0.2, 0.25) is 0 Å². The predicted octanol–water partition coefficient (Wildman–Crippen LogP) is 7.16. The van der Waals surface area contributed by atoms with Crippen LogP contribution in [-0.2, 0) is 5.41 Å². The van der Waals surface area contributed by atoms with Crippen LogP contribution in [0.25, 0.3) is 5.69 Å². The molecule has 1 saturated heterocycles. The number of carbonyl (C=O) groups is 2. The molecule has 0 aliphatic carbocycles. The molecule has 8 nitrogen and oxygen atoms in total. The third kappa shape index (κ3) is 6.58. The number of thiophene rings is 1. The van der Waals surface area contributed by atoms with Crippen LogP contribution < -0.4 is 20.7 Å². The van der Waals surface area contributed by atoms with Crippen molar-refractivity contribution in [3.8, 4) is 11.4 Å². The van der Waals surface area contributed by atoms with Gasteiger partial charge in [0.1, 0.15) is 11.6 Å². The molecule has 2 aromatic carbocycles. The van der Waals surface area contributed by atoms with Gasteiger partial charge in [-0.2, -0.15) is 5.10 Å². The Hall–Kier alpha value is -3.95. The fourth-order valence-corrected chi connectivity index (χ4v) is 6.20. The zero-order chi connectivity index (χ0) is 29.9. The van der Waals surface area contributed by atoms with E-state index in [1.54, 1.807) is 11.8 Å². The second kappa shape index (κ2) is 12.5. The number of piperidine rings is 1. The summed E-state index contributed by atoms with van der Waals surface area (Å²) in [4.78, 5) is 27.2. The number of methoxy groups -OCH3 is 1. The van der Waals surface area contributed by atoms with Crippen molar-refractivity contribution in [1.29, 1.82) is 0 Å². The first-order chi connectivity index (χ1) is 20.1. The van der Waals surface area contributed by atoms with Crippen molar-refractivity contribution < 1.29 is 14.3 Å². The van der Waals surface area contributed by atoms with Gasteiger partial charge in [0, 0.05) is 27.9 Å². The van der Waals surface area contributed by atoms with Crippen LogP contribution in [0.1, 0.15) is 66.7 Å². The van der Waals surface area contributed by atoms with Crippen molar-refractivity contribution in [1.82, 2.24) is 15.1 Å². The van der Waals surface area contributed by atoms with Crippen LogP contribution in [0.5, 0.6) is 5.75 Å². The molecule has 1 aliphatic rings. The van der Waals surface area contributed by atoms with Crippen LogP contribution >= 0.6 is 11.3 Å². The van der Waals surface area contributed by atoms with E-state index >= 15 is 0 Å². The fraction of sp³-hybridized carbons (Fsp3) is 0.364. The molecule has 3 N–H and O–H groups in total. The minimum atomic E-state index is -0.384. The molecule has 5 rings (SSSR count). The normalized spacial score (nSPS) is 14.8. The van der Waals surface area contributed by atoms with Crippen molar-refractivity contribution in [3.05, 3.63) is 87.7 Å². The van der Waals surface area contributed by atoms with Crippen molar-refractivity contribution in [2.24, 2.45) is 5.92 Å². The van der Waals surface area contributed by atoms with Gasteiger partial charge < -0.3 is 15.4 Å². The standard InChI is InChI=1S/C33H39N5O3S/c1-21-9-11-25(12-10-21)38-29(18-28(37-38)33(2,3)4)36-32(40)35-24-8-6-7-23(17-24)30(22-13-15-34-16-14-22)31(39)26-19-42-20-27(26)41-5/h6-12,17-20,22,30,34H,13-16H2,1-5H3,(H2,35,36,40). The highest BCUT2D eigenvalue weighted by Gasteiger charge is 2.33. The molecule has 1 aliphatic heterocycles. The number of amides is 2. The van der Waals surface area contributed by atoms with Crippen LogP contribution in [0, 0.1) is 12.8 Å². The Bertz CT molecular complexity index is 1540. The van der Waals surface area contributed by atoms with Gasteiger partial charge in [0.05, 0.1) is 30.0 Å². The van der Waals surface area contributed by atoms with Crippen LogP contribution in [0.4, 0.5) is 16.3 Å². The first-order valence-corrected chi connectivity index (χ1v) is 15.3. The molecule has 42 heavy (non-hydrogen) atoms. The van der Waals surface area contributed by atoms with Crippen LogP contribution in [0.2, 0.25) is 0 Å². The maximum absolute atomic E-state index is 13.9. The first kappa shape index (κ1) is 29.5. The van der Waals surface area contributed by atoms with E-state index in [2.05, 4.69) is 36.7 Å². The maximum Gasteiger partial charge on any atom is 0.324 e. The number of rotatable bonds is 8. The van der Waals surface area contributed by atoms with Crippen LogP contribution in [0.3, 0.4) is 0 Å². The third-order valence-corrected chi connectivity index (χ3v) is 8.47. The molecule has 1 fully saturated rings. The SMILES string of the molecule is COc1cscc1C(=O)C(c1cccc(NC(=O)Nc2cc(C(C)(C)C)nn2-c2ccc(C)cc2)c1)C1CCNCC1. The molecule has 2 amide bonds. The monoisotopic (exact) mass is 585 g/mol. The number of ether oxygens (including phenoxy) is 1. The number of ketones is 1. The largest absolute Gasteiger partial charge is 0.495 e. The maximum atomic E-state index is 13.9. The van der Waals surface area contributed by atoms with Gasteiger partial charge in [-0.05, 0) is 68.6 Å². The number of nitrogens with one attached hydrogen (secondary N) is 3. The Morgan fingerprint density at radius 2 is 1.79 bits per heavy atom. The van der Waals surface area contributed by atoms with Crippen molar-refractivity contribution in [2.45, 2.75) is 51.9 Å². The summed E-state index contributed by atoms with van der Waals surface area (Å²) in [7, 11) is 1.59. The number of carbonyl (C=O) groups excluding carboxylic acids is 2. The lowest BCUT2D eigenvalue weighted by molar-refractivity contribution is 0.0913. The molecule has 3 heterocycles. The number of Topliss-reactive ketones (excluding diaryl/α,β-unsaturated/α-hetero) is 1. The lowest BCUT2D eigenvalue weighted by atomic mass is 9.76. The summed E-state index contributed by atoms with van der Waals surface area (Å²) in [5.41, 5.74) is 4.80. The molecule has 0 bridgehead atoms. The Morgan fingerprint density at radius 3 is 2.48 bits per heavy atom. The summed E-state index contributed by atoms with van der Waals surface area (Å²) in [5.74, 6) is 1.09. The molecular formula is C33H39N5O3S. The van der Waals surface area contributed by atoms with Crippen LogP contribution in [0.15, 0.2) is 65.4 Å². The molecule has 4 aromatic rings. The molecule has 2 aromatic heterocycles. The first-order valence-electron chi connectivity index (χ1n) is 14.3. The average molecular weight is 586 g/mol. The summed E-state index contributed by atoms with van der Waals surface area (Å²) in [6.07, 6.45) is 1.81. The summed E-state index contributed by atoms with van der Waals surface area (Å²) >= 11 is 1.46. The third-order valence-electron chi connectivity index (χ3n) is 7.75.